The fraction of sp³-hybridized carbons (Fsp3) is 0.920. The van der Waals surface area contributed by atoms with Crippen LogP contribution < -0.4 is 0 Å². The lowest BCUT2D eigenvalue weighted by Crippen LogP contribution is -2.27. The molecule has 0 saturated heterocycles. The first-order chi connectivity index (χ1) is 27.5. The molecule has 0 aliphatic carbocycles. The SMILES string of the molecule is CCCC/C=C\C(CCCCCCCC)C(=O)OCCCCCCN(CCCCCCO)CCCCCCOC(=O)C(CCCCCC)CCCCCCCC. The van der Waals surface area contributed by atoms with E-state index in [2.05, 4.69) is 44.7 Å². The van der Waals surface area contributed by atoms with E-state index < -0.39 is 0 Å². The molecule has 0 rings (SSSR count). The molecule has 332 valence electrons. The van der Waals surface area contributed by atoms with E-state index in [1.807, 2.05) is 0 Å². The average molecular weight is 792 g/mol. The van der Waals surface area contributed by atoms with Crippen LogP contribution in [-0.2, 0) is 19.1 Å². The van der Waals surface area contributed by atoms with Crippen LogP contribution >= 0.6 is 0 Å². The molecule has 2 unspecified atom stereocenters. The van der Waals surface area contributed by atoms with Gasteiger partial charge in [-0.2, -0.15) is 0 Å². The Bertz CT molecular complexity index is 847. The third kappa shape index (κ3) is 36.9. The molecule has 56 heavy (non-hydrogen) atoms. The molecule has 0 fully saturated rings. The highest BCUT2D eigenvalue weighted by Gasteiger charge is 2.19. The number of nitrogens with zero attached hydrogens (tertiary/aromatic N) is 1. The van der Waals surface area contributed by atoms with Crippen molar-refractivity contribution in [3.8, 4) is 0 Å². The zero-order valence-corrected chi connectivity index (χ0v) is 38.1. The highest BCUT2D eigenvalue weighted by Crippen LogP contribution is 2.21. The Morgan fingerprint density at radius 3 is 1.36 bits per heavy atom. The lowest BCUT2D eigenvalue weighted by Gasteiger charge is -2.22. The van der Waals surface area contributed by atoms with Crippen LogP contribution in [-0.4, -0.2) is 61.4 Å². The number of ether oxygens (including phenoxy) is 2. The van der Waals surface area contributed by atoms with Crippen LogP contribution in [0, 0.1) is 11.8 Å². The van der Waals surface area contributed by atoms with E-state index in [4.69, 9.17) is 9.47 Å². The Labute approximate surface area is 349 Å². The van der Waals surface area contributed by atoms with E-state index in [0.29, 0.717) is 19.8 Å². The number of aliphatic hydroxyl groups is 1. The zero-order chi connectivity index (χ0) is 41.0. The van der Waals surface area contributed by atoms with Gasteiger partial charge in [0, 0.05) is 6.61 Å². The third-order valence-corrected chi connectivity index (χ3v) is 11.5. The Morgan fingerprint density at radius 1 is 0.464 bits per heavy atom. The summed E-state index contributed by atoms with van der Waals surface area (Å²) >= 11 is 0. The van der Waals surface area contributed by atoms with Crippen LogP contribution in [0.15, 0.2) is 12.2 Å². The molecule has 0 aliphatic rings. The summed E-state index contributed by atoms with van der Waals surface area (Å²) in [5.74, 6) is 0.0373. The van der Waals surface area contributed by atoms with E-state index in [1.165, 1.54) is 135 Å². The van der Waals surface area contributed by atoms with Crippen molar-refractivity contribution >= 4 is 11.9 Å². The zero-order valence-electron chi connectivity index (χ0n) is 38.1. The molecule has 2 atom stereocenters. The molecule has 6 heteroatoms. The van der Waals surface area contributed by atoms with Gasteiger partial charge in [0.05, 0.1) is 25.0 Å². The largest absolute Gasteiger partial charge is 0.465 e. The quantitative estimate of drug-likeness (QED) is 0.0376. The van der Waals surface area contributed by atoms with Gasteiger partial charge in [0.15, 0.2) is 0 Å². The number of carbonyl (C=O) groups excluding carboxylic acids is 2. The molecule has 0 radical (unpaired) electrons. The third-order valence-electron chi connectivity index (χ3n) is 11.5. The summed E-state index contributed by atoms with van der Waals surface area (Å²) in [5, 5.41) is 9.17. The van der Waals surface area contributed by atoms with Crippen molar-refractivity contribution in [1.82, 2.24) is 4.90 Å². The predicted molar refractivity (Wildman–Crippen MR) is 241 cm³/mol. The van der Waals surface area contributed by atoms with Crippen molar-refractivity contribution in [2.45, 2.75) is 246 Å². The number of unbranched alkanes of at least 4 members (excludes halogenated alkanes) is 24. The van der Waals surface area contributed by atoms with Crippen molar-refractivity contribution in [2.75, 3.05) is 39.5 Å². The molecule has 0 aromatic heterocycles. The highest BCUT2D eigenvalue weighted by atomic mass is 16.5. The maximum Gasteiger partial charge on any atom is 0.312 e. The fourth-order valence-corrected chi connectivity index (χ4v) is 7.68. The number of carbonyl (C=O) groups is 2. The molecule has 0 bridgehead atoms. The second-order valence-corrected chi connectivity index (χ2v) is 17.0. The first-order valence-corrected chi connectivity index (χ1v) is 24.9. The molecule has 0 amide bonds. The molecule has 0 aliphatic heterocycles. The molecule has 6 nitrogen and oxygen atoms in total. The summed E-state index contributed by atoms with van der Waals surface area (Å²) in [6, 6.07) is 0. The van der Waals surface area contributed by atoms with Gasteiger partial charge in [-0.1, -0.05) is 194 Å². The van der Waals surface area contributed by atoms with E-state index in [9.17, 15) is 14.7 Å². The first kappa shape index (κ1) is 54.6. The van der Waals surface area contributed by atoms with Gasteiger partial charge >= 0.3 is 11.9 Å². The Balaban J connectivity index is 4.51. The molecule has 1 N–H and O–H groups in total. The molecule has 0 aromatic rings. The summed E-state index contributed by atoms with van der Waals surface area (Å²) in [5.41, 5.74) is 0. The molecular formula is C50H97NO5. The number of rotatable bonds is 45. The van der Waals surface area contributed by atoms with E-state index in [-0.39, 0.29) is 23.8 Å². The van der Waals surface area contributed by atoms with Crippen LogP contribution in [0.4, 0.5) is 0 Å². The Morgan fingerprint density at radius 2 is 0.857 bits per heavy atom. The summed E-state index contributed by atoms with van der Waals surface area (Å²) in [4.78, 5) is 28.6. The van der Waals surface area contributed by atoms with Gasteiger partial charge in [-0.3, -0.25) is 9.59 Å². The number of allylic oxidation sites excluding steroid dienone is 1. The van der Waals surface area contributed by atoms with E-state index in [1.54, 1.807) is 0 Å². The summed E-state index contributed by atoms with van der Waals surface area (Å²) < 4.78 is 11.6. The molecule has 0 heterocycles. The van der Waals surface area contributed by atoms with Crippen LogP contribution in [0.25, 0.3) is 0 Å². The molecule has 0 aromatic carbocycles. The molecular weight excluding hydrogens is 695 g/mol. The van der Waals surface area contributed by atoms with Gasteiger partial charge < -0.3 is 19.5 Å². The predicted octanol–water partition coefficient (Wildman–Crippen LogP) is 14.5. The summed E-state index contributed by atoms with van der Waals surface area (Å²) in [7, 11) is 0. The minimum Gasteiger partial charge on any atom is -0.465 e. The lowest BCUT2D eigenvalue weighted by atomic mass is 9.94. The lowest BCUT2D eigenvalue weighted by molar-refractivity contribution is -0.149. The first-order valence-electron chi connectivity index (χ1n) is 24.9. The van der Waals surface area contributed by atoms with Gasteiger partial charge in [0.25, 0.3) is 0 Å². The second kappa shape index (κ2) is 44.7. The van der Waals surface area contributed by atoms with E-state index >= 15 is 0 Å². The van der Waals surface area contributed by atoms with Crippen molar-refractivity contribution in [3.05, 3.63) is 12.2 Å². The minimum atomic E-state index is -0.0869. The standard InChI is InChI=1S/C50H97NO5/c1-5-9-13-17-19-29-39-47(37-27-15-11-7-3)49(53)55-45-35-25-22-32-42-51(41-31-21-24-34-44-52)43-33-23-26-36-46-56-50(54)48(38-28-16-12-8-4)40-30-20-18-14-10-6-2/h27,37,47-48,52H,5-26,28-36,38-46H2,1-4H3/b37-27-. The van der Waals surface area contributed by atoms with Crippen molar-refractivity contribution in [2.24, 2.45) is 11.8 Å². The fourth-order valence-electron chi connectivity index (χ4n) is 7.68. The normalized spacial score (nSPS) is 12.8. The molecule has 0 spiro atoms. The van der Waals surface area contributed by atoms with Crippen LogP contribution in [0.5, 0.6) is 0 Å². The topological polar surface area (TPSA) is 76.1 Å². The number of esters is 2. The number of hydrogen-bond donors (Lipinski definition) is 1. The van der Waals surface area contributed by atoms with E-state index in [0.717, 1.165) is 103 Å². The minimum absolute atomic E-state index is 0.0256. The van der Waals surface area contributed by atoms with Gasteiger partial charge in [-0.15, -0.1) is 0 Å². The van der Waals surface area contributed by atoms with Gasteiger partial charge in [-0.05, 0) is 83.8 Å². The molecule has 0 saturated carbocycles. The van der Waals surface area contributed by atoms with Gasteiger partial charge in [0.1, 0.15) is 0 Å². The van der Waals surface area contributed by atoms with Crippen molar-refractivity contribution in [1.29, 1.82) is 0 Å². The highest BCUT2D eigenvalue weighted by molar-refractivity contribution is 5.74. The average Bonchev–Trinajstić information content (AvgIpc) is 3.20. The summed E-state index contributed by atoms with van der Waals surface area (Å²) in [6.07, 6.45) is 43.8. The maximum absolute atomic E-state index is 13.0. The van der Waals surface area contributed by atoms with Crippen molar-refractivity contribution < 1.29 is 24.2 Å². The second-order valence-electron chi connectivity index (χ2n) is 17.0. The Hall–Kier alpha value is -1.40. The smallest absolute Gasteiger partial charge is 0.312 e. The number of hydrogen-bond acceptors (Lipinski definition) is 6. The van der Waals surface area contributed by atoms with Crippen LogP contribution in [0.2, 0.25) is 0 Å². The van der Waals surface area contributed by atoms with Crippen LogP contribution in [0.3, 0.4) is 0 Å². The monoisotopic (exact) mass is 792 g/mol. The maximum atomic E-state index is 13.0. The van der Waals surface area contributed by atoms with Crippen LogP contribution in [0.1, 0.15) is 246 Å². The van der Waals surface area contributed by atoms with Gasteiger partial charge in [-0.25, -0.2) is 0 Å². The Kier molecular flexibility index (Phi) is 43.6. The number of aliphatic hydroxyl groups excluding tert-OH is 1. The van der Waals surface area contributed by atoms with Gasteiger partial charge in [0.2, 0.25) is 0 Å². The van der Waals surface area contributed by atoms with Crippen molar-refractivity contribution in [3.63, 3.8) is 0 Å². The summed E-state index contributed by atoms with van der Waals surface area (Å²) in [6.45, 7) is 13.7.